The van der Waals surface area contributed by atoms with Crippen LogP contribution in [0.25, 0.3) is 0 Å². The summed E-state index contributed by atoms with van der Waals surface area (Å²) in [5.41, 5.74) is 0. The lowest BCUT2D eigenvalue weighted by atomic mass is 9.73. The topological polar surface area (TPSA) is 33.7 Å². The first kappa shape index (κ1) is 17.2. The lowest BCUT2D eigenvalue weighted by molar-refractivity contribution is -0.136. The van der Waals surface area contributed by atoms with E-state index in [9.17, 15) is 0 Å². The van der Waals surface area contributed by atoms with Gasteiger partial charge in [-0.25, -0.2) is 0 Å². The summed E-state index contributed by atoms with van der Waals surface area (Å²) in [7, 11) is 0. The molecule has 0 radical (unpaired) electrons. The molecule has 1 heterocycles. The zero-order chi connectivity index (χ0) is 15.2. The molecule has 2 unspecified atom stereocenters. The van der Waals surface area contributed by atoms with Gasteiger partial charge in [0.1, 0.15) is 0 Å². The SMILES string of the molecule is CCOC(CNC1C2CCCC1CN(C(C)C)C2)OCC. The van der Waals surface area contributed by atoms with Crippen LogP contribution in [0.1, 0.15) is 47.0 Å². The fourth-order valence-electron chi connectivity index (χ4n) is 4.00. The van der Waals surface area contributed by atoms with Crippen molar-refractivity contribution in [2.75, 3.05) is 32.8 Å². The molecule has 2 atom stereocenters. The third-order valence-electron chi connectivity index (χ3n) is 5.06. The monoisotopic (exact) mass is 298 g/mol. The van der Waals surface area contributed by atoms with Gasteiger partial charge in [-0.05, 0) is 52.4 Å². The maximum Gasteiger partial charge on any atom is 0.169 e. The Morgan fingerprint density at radius 3 is 2.10 bits per heavy atom. The zero-order valence-electron chi connectivity index (χ0n) is 14.3. The van der Waals surface area contributed by atoms with Gasteiger partial charge in [0, 0.05) is 44.9 Å². The molecule has 4 heteroatoms. The quantitative estimate of drug-likeness (QED) is 0.698. The molecule has 0 aromatic carbocycles. The van der Waals surface area contributed by atoms with Crippen LogP contribution in [0.4, 0.5) is 0 Å². The highest BCUT2D eigenvalue weighted by Crippen LogP contribution is 2.35. The van der Waals surface area contributed by atoms with Crippen LogP contribution in [0.15, 0.2) is 0 Å². The molecule has 1 saturated heterocycles. The van der Waals surface area contributed by atoms with Crippen LogP contribution in [0, 0.1) is 11.8 Å². The first-order valence-electron chi connectivity index (χ1n) is 8.86. The Bertz CT molecular complexity index is 279. The molecule has 0 aromatic heterocycles. The Morgan fingerprint density at radius 1 is 1.05 bits per heavy atom. The molecule has 1 aliphatic heterocycles. The molecule has 1 saturated carbocycles. The lowest BCUT2D eigenvalue weighted by Crippen LogP contribution is -2.59. The van der Waals surface area contributed by atoms with E-state index in [-0.39, 0.29) is 6.29 Å². The second kappa shape index (κ2) is 8.47. The van der Waals surface area contributed by atoms with Crippen molar-refractivity contribution >= 4 is 0 Å². The number of ether oxygens (including phenoxy) is 2. The Labute approximate surface area is 130 Å². The Hall–Kier alpha value is -0.160. The minimum atomic E-state index is -0.0937. The second-order valence-corrected chi connectivity index (χ2v) is 6.77. The van der Waals surface area contributed by atoms with Gasteiger partial charge in [0.25, 0.3) is 0 Å². The summed E-state index contributed by atoms with van der Waals surface area (Å²) >= 11 is 0. The van der Waals surface area contributed by atoms with Gasteiger partial charge >= 0.3 is 0 Å². The predicted octanol–water partition coefficient (Wildman–Crippen LogP) is 2.48. The summed E-state index contributed by atoms with van der Waals surface area (Å²) in [4.78, 5) is 2.66. The van der Waals surface area contributed by atoms with Crippen LogP contribution in [-0.2, 0) is 9.47 Å². The Balaban J connectivity index is 1.87. The van der Waals surface area contributed by atoms with Crippen molar-refractivity contribution in [2.24, 2.45) is 11.8 Å². The molecule has 0 amide bonds. The van der Waals surface area contributed by atoms with Crippen molar-refractivity contribution in [2.45, 2.75) is 65.3 Å². The molecule has 1 N–H and O–H groups in total. The zero-order valence-corrected chi connectivity index (χ0v) is 14.3. The Morgan fingerprint density at radius 2 is 1.62 bits per heavy atom. The van der Waals surface area contributed by atoms with Crippen LogP contribution < -0.4 is 5.32 Å². The van der Waals surface area contributed by atoms with Gasteiger partial charge in [0.2, 0.25) is 0 Å². The number of piperidine rings is 1. The smallest absolute Gasteiger partial charge is 0.169 e. The highest BCUT2D eigenvalue weighted by atomic mass is 16.7. The molecular weight excluding hydrogens is 264 g/mol. The van der Waals surface area contributed by atoms with Crippen molar-refractivity contribution in [3.63, 3.8) is 0 Å². The van der Waals surface area contributed by atoms with Crippen molar-refractivity contribution in [1.29, 1.82) is 0 Å². The minimum absolute atomic E-state index is 0.0937. The van der Waals surface area contributed by atoms with E-state index in [4.69, 9.17) is 9.47 Å². The average Bonchev–Trinajstić information content (AvgIpc) is 2.44. The number of nitrogens with one attached hydrogen (secondary N) is 1. The molecule has 1 aliphatic carbocycles. The second-order valence-electron chi connectivity index (χ2n) is 6.77. The van der Waals surface area contributed by atoms with E-state index in [0.29, 0.717) is 25.3 Å². The van der Waals surface area contributed by atoms with E-state index in [0.717, 1.165) is 18.4 Å². The van der Waals surface area contributed by atoms with Crippen LogP contribution in [0.5, 0.6) is 0 Å². The van der Waals surface area contributed by atoms with E-state index >= 15 is 0 Å². The van der Waals surface area contributed by atoms with Gasteiger partial charge in [-0.3, -0.25) is 0 Å². The van der Waals surface area contributed by atoms with Gasteiger partial charge < -0.3 is 19.7 Å². The van der Waals surface area contributed by atoms with Crippen LogP contribution in [0.3, 0.4) is 0 Å². The maximum atomic E-state index is 5.66. The lowest BCUT2D eigenvalue weighted by Gasteiger charge is -2.49. The third kappa shape index (κ3) is 4.65. The van der Waals surface area contributed by atoms with E-state index in [2.05, 4.69) is 24.1 Å². The molecule has 124 valence electrons. The van der Waals surface area contributed by atoms with Crippen molar-refractivity contribution in [1.82, 2.24) is 10.2 Å². The van der Waals surface area contributed by atoms with Crippen molar-refractivity contribution in [3.8, 4) is 0 Å². The van der Waals surface area contributed by atoms with Gasteiger partial charge in [-0.15, -0.1) is 0 Å². The van der Waals surface area contributed by atoms with E-state index < -0.39 is 0 Å². The van der Waals surface area contributed by atoms with Gasteiger partial charge in [0.15, 0.2) is 6.29 Å². The van der Waals surface area contributed by atoms with Gasteiger partial charge in [-0.1, -0.05) is 6.42 Å². The summed E-state index contributed by atoms with van der Waals surface area (Å²) in [5, 5.41) is 3.78. The highest BCUT2D eigenvalue weighted by molar-refractivity contribution is 4.95. The number of fused-ring (bicyclic) bond motifs is 2. The minimum Gasteiger partial charge on any atom is -0.352 e. The molecule has 2 fully saturated rings. The fraction of sp³-hybridized carbons (Fsp3) is 1.00. The Kier molecular flexibility index (Phi) is 6.93. The molecule has 0 spiro atoms. The molecule has 2 aliphatic rings. The van der Waals surface area contributed by atoms with Crippen molar-refractivity contribution in [3.05, 3.63) is 0 Å². The number of hydrogen-bond acceptors (Lipinski definition) is 4. The summed E-state index contributed by atoms with van der Waals surface area (Å²) < 4.78 is 11.3. The summed E-state index contributed by atoms with van der Waals surface area (Å²) in [6.45, 7) is 13.5. The highest BCUT2D eigenvalue weighted by Gasteiger charge is 2.39. The van der Waals surface area contributed by atoms with Crippen LogP contribution in [0.2, 0.25) is 0 Å². The first-order chi connectivity index (χ1) is 10.2. The standard InChI is InChI=1S/C17H34N2O2/c1-5-20-16(21-6-2)10-18-17-14-8-7-9-15(17)12-19(11-14)13(3)4/h13-18H,5-12H2,1-4H3. The number of hydrogen-bond donors (Lipinski definition) is 1. The molecule has 21 heavy (non-hydrogen) atoms. The number of nitrogens with zero attached hydrogens (tertiary/aromatic N) is 1. The predicted molar refractivity (Wildman–Crippen MR) is 86.4 cm³/mol. The van der Waals surface area contributed by atoms with Crippen molar-refractivity contribution < 1.29 is 9.47 Å². The molecular formula is C17H34N2O2. The average molecular weight is 298 g/mol. The fourth-order valence-corrected chi connectivity index (χ4v) is 4.00. The maximum absolute atomic E-state index is 5.66. The molecule has 0 aromatic rings. The molecule has 2 rings (SSSR count). The van der Waals surface area contributed by atoms with Gasteiger partial charge in [-0.2, -0.15) is 0 Å². The number of likely N-dealkylation sites (tertiary alicyclic amines) is 1. The first-order valence-corrected chi connectivity index (χ1v) is 8.86. The van der Waals surface area contributed by atoms with E-state index in [1.807, 2.05) is 13.8 Å². The normalized spacial score (nSPS) is 30.3. The summed E-state index contributed by atoms with van der Waals surface area (Å²) in [6, 6.07) is 1.32. The largest absolute Gasteiger partial charge is 0.352 e. The third-order valence-corrected chi connectivity index (χ3v) is 5.06. The van der Waals surface area contributed by atoms with Crippen LogP contribution in [-0.4, -0.2) is 56.1 Å². The van der Waals surface area contributed by atoms with E-state index in [1.54, 1.807) is 0 Å². The van der Waals surface area contributed by atoms with Gasteiger partial charge in [0.05, 0.1) is 0 Å². The summed E-state index contributed by atoms with van der Waals surface area (Å²) in [6.07, 6.45) is 4.04. The van der Waals surface area contributed by atoms with E-state index in [1.165, 1.54) is 32.4 Å². The van der Waals surface area contributed by atoms with Crippen LogP contribution >= 0.6 is 0 Å². The molecule has 4 nitrogen and oxygen atoms in total. The summed E-state index contributed by atoms with van der Waals surface area (Å²) in [5.74, 6) is 1.59. The molecule has 2 bridgehead atoms. The number of rotatable bonds is 8.